The van der Waals surface area contributed by atoms with E-state index in [2.05, 4.69) is 6.92 Å². The number of unbranched alkanes of at least 4 members (excludes halogenated alkanes) is 1. The zero-order chi connectivity index (χ0) is 12.1. The summed E-state index contributed by atoms with van der Waals surface area (Å²) in [6.07, 6.45) is 2.53. The lowest BCUT2D eigenvalue weighted by Crippen LogP contribution is -2.50. The predicted molar refractivity (Wildman–Crippen MR) is 61.3 cm³/mol. The molecule has 0 saturated carbocycles. The molecule has 16 heavy (non-hydrogen) atoms. The number of Topliss-reactive ketones (excluding diaryl/α,β-unsaturated/α-hetero) is 1. The van der Waals surface area contributed by atoms with Gasteiger partial charge in [-0.2, -0.15) is 0 Å². The van der Waals surface area contributed by atoms with Crippen LogP contribution in [0.15, 0.2) is 0 Å². The Kier molecular flexibility index (Phi) is 4.77. The second kappa shape index (κ2) is 5.87. The molecule has 2 atom stereocenters. The van der Waals surface area contributed by atoms with Crippen LogP contribution in [0, 0.1) is 0 Å². The quantitative estimate of drug-likeness (QED) is 0.695. The second-order valence-electron chi connectivity index (χ2n) is 4.52. The Morgan fingerprint density at radius 2 is 1.94 bits per heavy atom. The van der Waals surface area contributed by atoms with Crippen molar-refractivity contribution in [3.05, 3.63) is 0 Å². The highest BCUT2D eigenvalue weighted by Crippen LogP contribution is 2.21. The molecular formula is C12H21NO3. The first kappa shape index (κ1) is 13.0. The van der Waals surface area contributed by atoms with E-state index < -0.39 is 0 Å². The van der Waals surface area contributed by atoms with Crippen molar-refractivity contribution in [2.24, 2.45) is 0 Å². The van der Waals surface area contributed by atoms with Crippen molar-refractivity contribution in [2.75, 3.05) is 6.61 Å². The summed E-state index contributed by atoms with van der Waals surface area (Å²) in [6.45, 7) is 6.32. The summed E-state index contributed by atoms with van der Waals surface area (Å²) < 4.78 is 5.17. The van der Waals surface area contributed by atoms with Crippen LogP contribution in [0.5, 0.6) is 0 Å². The van der Waals surface area contributed by atoms with Gasteiger partial charge in [0.25, 0.3) is 0 Å². The van der Waals surface area contributed by atoms with Crippen molar-refractivity contribution in [1.29, 1.82) is 0 Å². The number of amides is 1. The van der Waals surface area contributed by atoms with Crippen molar-refractivity contribution < 1.29 is 14.3 Å². The number of nitrogens with zero attached hydrogens (tertiary/aromatic N) is 1. The van der Waals surface area contributed by atoms with Crippen LogP contribution in [0.1, 0.15) is 46.5 Å². The lowest BCUT2D eigenvalue weighted by molar-refractivity contribution is -0.124. The minimum absolute atomic E-state index is 0.0367. The highest BCUT2D eigenvalue weighted by molar-refractivity contribution is 5.82. The van der Waals surface area contributed by atoms with Gasteiger partial charge in [0, 0.05) is 24.9 Å². The summed E-state index contributed by atoms with van der Waals surface area (Å²) >= 11 is 0. The number of carbonyl (C=O) groups is 2. The van der Waals surface area contributed by atoms with Crippen molar-refractivity contribution in [1.82, 2.24) is 4.90 Å². The molecular weight excluding hydrogens is 206 g/mol. The van der Waals surface area contributed by atoms with E-state index in [4.69, 9.17) is 4.74 Å². The molecule has 92 valence electrons. The van der Waals surface area contributed by atoms with Gasteiger partial charge in [-0.1, -0.05) is 13.3 Å². The lowest BCUT2D eigenvalue weighted by atomic mass is 9.97. The number of rotatable bonds is 3. The van der Waals surface area contributed by atoms with E-state index >= 15 is 0 Å². The molecule has 0 radical (unpaired) electrons. The molecule has 0 aliphatic carbocycles. The smallest absolute Gasteiger partial charge is 0.410 e. The van der Waals surface area contributed by atoms with Crippen LogP contribution in [0.3, 0.4) is 0 Å². The Balaban J connectivity index is 2.50. The summed E-state index contributed by atoms with van der Waals surface area (Å²) in [5.41, 5.74) is 0. The number of carbonyl (C=O) groups excluding carboxylic acids is 2. The fraction of sp³-hybridized carbons (Fsp3) is 0.833. The molecule has 0 N–H and O–H groups in total. The molecule has 1 aliphatic rings. The SMILES string of the molecule is CCCCOC(=O)N1[C@H](C)CC(=O)C[C@@H]1C. The molecule has 1 heterocycles. The van der Waals surface area contributed by atoms with Gasteiger partial charge in [-0.3, -0.25) is 4.79 Å². The van der Waals surface area contributed by atoms with Gasteiger partial charge < -0.3 is 9.64 Å². The van der Waals surface area contributed by atoms with Crippen LogP contribution in [-0.2, 0) is 9.53 Å². The van der Waals surface area contributed by atoms with Crippen LogP contribution < -0.4 is 0 Å². The summed E-state index contributed by atoms with van der Waals surface area (Å²) in [5, 5.41) is 0. The maximum absolute atomic E-state index is 11.8. The van der Waals surface area contributed by atoms with Gasteiger partial charge >= 0.3 is 6.09 Å². The first-order chi connectivity index (χ1) is 7.56. The van der Waals surface area contributed by atoms with Crippen LogP contribution in [0.4, 0.5) is 4.79 Å². The van der Waals surface area contributed by atoms with Gasteiger partial charge in [0.1, 0.15) is 5.78 Å². The second-order valence-corrected chi connectivity index (χ2v) is 4.52. The van der Waals surface area contributed by atoms with E-state index in [9.17, 15) is 9.59 Å². The van der Waals surface area contributed by atoms with E-state index in [0.29, 0.717) is 19.4 Å². The van der Waals surface area contributed by atoms with Crippen LogP contribution in [0.25, 0.3) is 0 Å². The maximum atomic E-state index is 11.8. The summed E-state index contributed by atoms with van der Waals surface area (Å²) in [7, 11) is 0. The first-order valence-corrected chi connectivity index (χ1v) is 6.03. The summed E-state index contributed by atoms with van der Waals surface area (Å²) in [6, 6.07) is -0.0734. The van der Waals surface area contributed by atoms with E-state index in [0.717, 1.165) is 12.8 Å². The molecule has 1 aliphatic heterocycles. The highest BCUT2D eigenvalue weighted by Gasteiger charge is 2.33. The van der Waals surface area contributed by atoms with Crippen molar-refractivity contribution >= 4 is 11.9 Å². The molecule has 0 aromatic rings. The molecule has 0 aromatic heterocycles. The Morgan fingerprint density at radius 1 is 1.38 bits per heavy atom. The third kappa shape index (κ3) is 3.22. The zero-order valence-electron chi connectivity index (χ0n) is 10.4. The predicted octanol–water partition coefficient (Wildman–Crippen LogP) is 2.37. The molecule has 0 aromatic carbocycles. The average Bonchev–Trinajstić information content (AvgIpc) is 2.16. The van der Waals surface area contributed by atoms with Crippen LogP contribution in [-0.4, -0.2) is 35.5 Å². The van der Waals surface area contributed by atoms with Gasteiger partial charge in [-0.25, -0.2) is 4.79 Å². The van der Waals surface area contributed by atoms with Crippen LogP contribution >= 0.6 is 0 Å². The molecule has 4 heteroatoms. The van der Waals surface area contributed by atoms with Gasteiger partial charge in [-0.05, 0) is 20.3 Å². The van der Waals surface area contributed by atoms with Crippen molar-refractivity contribution in [3.8, 4) is 0 Å². The molecule has 4 nitrogen and oxygen atoms in total. The largest absolute Gasteiger partial charge is 0.449 e. The normalized spacial score (nSPS) is 25.7. The number of likely N-dealkylation sites (tertiary alicyclic amines) is 1. The fourth-order valence-corrected chi connectivity index (χ4v) is 2.11. The third-order valence-electron chi connectivity index (χ3n) is 2.93. The molecule has 0 spiro atoms. The fourth-order valence-electron chi connectivity index (χ4n) is 2.11. The molecule has 0 unspecified atom stereocenters. The van der Waals surface area contributed by atoms with E-state index in [1.807, 2.05) is 13.8 Å². The third-order valence-corrected chi connectivity index (χ3v) is 2.93. The Bertz CT molecular complexity index is 251. The highest BCUT2D eigenvalue weighted by atomic mass is 16.6. The van der Waals surface area contributed by atoms with Gasteiger partial charge in [0.05, 0.1) is 6.61 Å². The molecule has 1 fully saturated rings. The Hall–Kier alpha value is -1.06. The summed E-state index contributed by atoms with van der Waals surface area (Å²) in [5.74, 6) is 0.234. The topological polar surface area (TPSA) is 46.6 Å². The van der Waals surface area contributed by atoms with Crippen LogP contribution in [0.2, 0.25) is 0 Å². The number of hydrogen-bond acceptors (Lipinski definition) is 3. The summed E-state index contributed by atoms with van der Waals surface area (Å²) in [4.78, 5) is 24.8. The number of hydrogen-bond donors (Lipinski definition) is 0. The number of piperidine rings is 1. The molecule has 1 rings (SSSR count). The van der Waals surface area contributed by atoms with E-state index in [1.165, 1.54) is 0 Å². The lowest BCUT2D eigenvalue weighted by Gasteiger charge is -2.37. The van der Waals surface area contributed by atoms with Gasteiger partial charge in [0.2, 0.25) is 0 Å². The minimum Gasteiger partial charge on any atom is -0.449 e. The number of ether oxygens (including phenoxy) is 1. The molecule has 1 amide bonds. The zero-order valence-corrected chi connectivity index (χ0v) is 10.4. The molecule has 1 saturated heterocycles. The standard InChI is InChI=1S/C12H21NO3/c1-4-5-6-16-12(15)13-9(2)7-11(14)8-10(13)3/h9-10H,4-8H2,1-3H3/t9-,10+. The molecule has 0 bridgehead atoms. The van der Waals surface area contributed by atoms with E-state index in [1.54, 1.807) is 4.90 Å². The minimum atomic E-state index is -0.277. The monoisotopic (exact) mass is 227 g/mol. The number of ketones is 1. The van der Waals surface area contributed by atoms with Crippen molar-refractivity contribution in [2.45, 2.75) is 58.5 Å². The van der Waals surface area contributed by atoms with E-state index in [-0.39, 0.29) is 24.0 Å². The average molecular weight is 227 g/mol. The Morgan fingerprint density at radius 3 is 2.44 bits per heavy atom. The Labute approximate surface area is 96.9 Å². The maximum Gasteiger partial charge on any atom is 0.410 e. The van der Waals surface area contributed by atoms with Crippen molar-refractivity contribution in [3.63, 3.8) is 0 Å². The van der Waals surface area contributed by atoms with Gasteiger partial charge in [0.15, 0.2) is 0 Å². The van der Waals surface area contributed by atoms with Gasteiger partial charge in [-0.15, -0.1) is 0 Å². The first-order valence-electron chi connectivity index (χ1n) is 6.03.